The van der Waals surface area contributed by atoms with Crippen LogP contribution in [0.3, 0.4) is 0 Å². The summed E-state index contributed by atoms with van der Waals surface area (Å²) in [6.07, 6.45) is 0.430. The lowest BCUT2D eigenvalue weighted by molar-refractivity contribution is -0.921. The van der Waals surface area contributed by atoms with Crippen LogP contribution >= 0.6 is 15.9 Å². The number of quaternary nitrogens is 1. The van der Waals surface area contributed by atoms with Gasteiger partial charge in [0.25, 0.3) is 5.76 Å². The number of alkyl halides is 3. The molecule has 33 heavy (non-hydrogen) atoms. The largest absolute Gasteiger partial charge is 0.507 e. The topological polar surface area (TPSA) is 64.1 Å². The van der Waals surface area contributed by atoms with Crippen molar-refractivity contribution in [2.45, 2.75) is 50.9 Å². The number of phenols is 1. The first kappa shape index (κ1) is 23.6. The third kappa shape index (κ3) is 4.89. The molecular formula is C24H24BrF3NO4+. The third-order valence-electron chi connectivity index (χ3n) is 6.16. The highest BCUT2D eigenvalue weighted by atomic mass is 79.9. The first-order chi connectivity index (χ1) is 15.7. The minimum atomic E-state index is -4.98. The maximum atomic E-state index is 14.0. The molecule has 1 heterocycles. The first-order valence-electron chi connectivity index (χ1n) is 10.8. The Hall–Kier alpha value is -2.52. The summed E-state index contributed by atoms with van der Waals surface area (Å²) < 4.78 is 53.0. The normalized spacial score (nSPS) is 16.2. The van der Waals surface area contributed by atoms with Crippen LogP contribution in [0.1, 0.15) is 43.4 Å². The van der Waals surface area contributed by atoms with Gasteiger partial charge in [-0.2, -0.15) is 13.2 Å². The summed E-state index contributed by atoms with van der Waals surface area (Å²) >= 11 is 3.21. The monoisotopic (exact) mass is 526 g/mol. The van der Waals surface area contributed by atoms with Crippen molar-refractivity contribution < 1.29 is 32.3 Å². The summed E-state index contributed by atoms with van der Waals surface area (Å²) in [6, 6.07) is 9.20. The van der Waals surface area contributed by atoms with Crippen molar-refractivity contribution in [3.63, 3.8) is 0 Å². The van der Waals surface area contributed by atoms with Gasteiger partial charge in [0.05, 0.1) is 28.5 Å². The fourth-order valence-corrected chi connectivity index (χ4v) is 4.76. The molecular weight excluding hydrogens is 503 g/mol. The Kier molecular flexibility index (Phi) is 6.72. The maximum absolute atomic E-state index is 14.0. The highest BCUT2D eigenvalue weighted by Crippen LogP contribution is 2.40. The van der Waals surface area contributed by atoms with Crippen molar-refractivity contribution in [2.24, 2.45) is 0 Å². The molecule has 0 radical (unpaired) electrons. The Morgan fingerprint density at radius 1 is 1.15 bits per heavy atom. The second kappa shape index (κ2) is 9.38. The standard InChI is InChI=1S/C24H23BrF3NO4/c1-29(14-7-3-2-4-8-14)13-16-18(30)12-11-15-20(31)22(23(24(26,27)28)33-21(15)16)32-19-10-6-5-9-17(19)25/h5-6,9-12,14,30H,2-4,7-8,13H2,1H3/p+1. The molecule has 1 saturated carbocycles. The van der Waals surface area contributed by atoms with Gasteiger partial charge >= 0.3 is 6.18 Å². The second-order valence-electron chi connectivity index (χ2n) is 8.42. The predicted molar refractivity (Wildman–Crippen MR) is 121 cm³/mol. The van der Waals surface area contributed by atoms with Crippen molar-refractivity contribution in [1.29, 1.82) is 0 Å². The summed E-state index contributed by atoms with van der Waals surface area (Å²) in [7, 11) is 1.95. The molecule has 1 aromatic heterocycles. The van der Waals surface area contributed by atoms with Crippen LogP contribution < -0.4 is 15.1 Å². The SMILES string of the molecule is C[NH+](Cc1c(O)ccc2c(=O)c(Oc3ccccc3Br)c(C(F)(F)F)oc12)C1CCCCC1. The van der Waals surface area contributed by atoms with Crippen LogP contribution in [0.15, 0.2) is 50.1 Å². The van der Waals surface area contributed by atoms with Crippen LogP contribution in [0.5, 0.6) is 17.2 Å². The van der Waals surface area contributed by atoms with Crippen molar-refractivity contribution in [2.75, 3.05) is 7.05 Å². The van der Waals surface area contributed by atoms with Crippen LogP contribution in [0.2, 0.25) is 0 Å². The minimum absolute atomic E-state index is 0.0510. The molecule has 1 fully saturated rings. The Balaban J connectivity index is 1.85. The third-order valence-corrected chi connectivity index (χ3v) is 6.82. The molecule has 1 aliphatic rings. The van der Waals surface area contributed by atoms with Crippen LogP contribution in [-0.4, -0.2) is 18.2 Å². The molecule has 1 atom stereocenters. The van der Waals surface area contributed by atoms with Crippen LogP contribution in [0, 0.1) is 0 Å². The highest BCUT2D eigenvalue weighted by molar-refractivity contribution is 9.10. The van der Waals surface area contributed by atoms with E-state index in [4.69, 9.17) is 9.15 Å². The molecule has 9 heteroatoms. The maximum Gasteiger partial charge on any atom is 0.453 e. The number of benzene rings is 2. The van der Waals surface area contributed by atoms with E-state index in [1.54, 1.807) is 18.2 Å². The number of aromatic hydroxyl groups is 1. The van der Waals surface area contributed by atoms with Crippen molar-refractivity contribution in [3.8, 4) is 17.2 Å². The molecule has 2 aromatic carbocycles. The summed E-state index contributed by atoms with van der Waals surface area (Å²) in [6.45, 7) is 0.235. The first-order valence-corrected chi connectivity index (χ1v) is 11.6. The minimum Gasteiger partial charge on any atom is -0.507 e. The molecule has 0 spiro atoms. The van der Waals surface area contributed by atoms with Crippen LogP contribution in [0.4, 0.5) is 13.2 Å². The molecule has 3 aromatic rings. The molecule has 0 amide bonds. The smallest absolute Gasteiger partial charge is 0.453 e. The number of ether oxygens (including phenoxy) is 1. The number of hydrogen-bond acceptors (Lipinski definition) is 4. The van der Waals surface area contributed by atoms with Gasteiger partial charge < -0.3 is 19.2 Å². The molecule has 176 valence electrons. The highest BCUT2D eigenvalue weighted by Gasteiger charge is 2.41. The Bertz CT molecular complexity index is 1220. The summed E-state index contributed by atoms with van der Waals surface area (Å²) in [5, 5.41) is 10.4. The van der Waals surface area contributed by atoms with Crippen molar-refractivity contribution in [1.82, 2.24) is 0 Å². The summed E-state index contributed by atoms with van der Waals surface area (Å²) in [5.74, 6) is -2.62. The molecule has 5 nitrogen and oxygen atoms in total. The van der Waals surface area contributed by atoms with Gasteiger partial charge in [0.1, 0.15) is 18.0 Å². The van der Waals surface area contributed by atoms with E-state index in [9.17, 15) is 23.1 Å². The second-order valence-corrected chi connectivity index (χ2v) is 9.27. The number of halogens is 4. The van der Waals surface area contributed by atoms with E-state index in [0.717, 1.165) is 30.6 Å². The van der Waals surface area contributed by atoms with E-state index >= 15 is 0 Å². The van der Waals surface area contributed by atoms with Gasteiger partial charge in [0, 0.05) is 0 Å². The molecule has 0 bridgehead atoms. The number of nitrogens with one attached hydrogen (secondary N) is 1. The van der Waals surface area contributed by atoms with Crippen molar-refractivity contribution >= 4 is 26.9 Å². The lowest BCUT2D eigenvalue weighted by atomic mass is 9.94. The lowest BCUT2D eigenvalue weighted by Crippen LogP contribution is -3.11. The zero-order chi connectivity index (χ0) is 23.8. The van der Waals surface area contributed by atoms with Gasteiger partial charge in [-0.3, -0.25) is 4.79 Å². The molecule has 4 rings (SSSR count). The average molecular weight is 527 g/mol. The number of hydrogen-bond donors (Lipinski definition) is 2. The Labute approximate surface area is 196 Å². The zero-order valence-electron chi connectivity index (χ0n) is 18.0. The number of para-hydroxylation sites is 1. The quantitative estimate of drug-likeness (QED) is 0.466. The van der Waals surface area contributed by atoms with Crippen LogP contribution in [0.25, 0.3) is 11.0 Å². The van der Waals surface area contributed by atoms with Crippen LogP contribution in [-0.2, 0) is 12.7 Å². The van der Waals surface area contributed by atoms with Gasteiger partial charge in [0.2, 0.25) is 11.2 Å². The van der Waals surface area contributed by atoms with Gasteiger partial charge in [-0.05, 0) is 65.9 Å². The molecule has 1 aliphatic carbocycles. The number of phenolic OH excluding ortho intramolecular Hbond substituents is 1. The van der Waals surface area contributed by atoms with Gasteiger partial charge in [0.15, 0.2) is 5.58 Å². The van der Waals surface area contributed by atoms with Gasteiger partial charge in [-0.15, -0.1) is 0 Å². The van der Waals surface area contributed by atoms with E-state index in [-0.39, 0.29) is 34.6 Å². The zero-order valence-corrected chi connectivity index (χ0v) is 19.6. The fourth-order valence-electron chi connectivity index (χ4n) is 4.39. The van der Waals surface area contributed by atoms with Gasteiger partial charge in [-0.1, -0.05) is 18.6 Å². The Morgan fingerprint density at radius 2 is 1.85 bits per heavy atom. The average Bonchev–Trinajstić information content (AvgIpc) is 2.78. The number of fused-ring (bicyclic) bond motifs is 1. The molecule has 0 saturated heterocycles. The fraction of sp³-hybridized carbons (Fsp3) is 0.375. The van der Waals surface area contributed by atoms with E-state index in [0.29, 0.717) is 10.5 Å². The lowest BCUT2D eigenvalue weighted by Gasteiger charge is -2.28. The van der Waals surface area contributed by atoms with E-state index < -0.39 is 23.1 Å². The van der Waals surface area contributed by atoms with Gasteiger partial charge in [-0.25, -0.2) is 0 Å². The van der Waals surface area contributed by atoms with E-state index in [1.807, 2.05) is 7.05 Å². The molecule has 0 aliphatic heterocycles. The summed E-state index contributed by atoms with van der Waals surface area (Å²) in [4.78, 5) is 14.2. The van der Waals surface area contributed by atoms with E-state index in [1.165, 1.54) is 24.6 Å². The summed E-state index contributed by atoms with van der Waals surface area (Å²) in [5.41, 5.74) is -1.02. The molecule has 2 N–H and O–H groups in total. The predicted octanol–water partition coefficient (Wildman–Crippen LogP) is 5.42. The number of rotatable bonds is 5. The van der Waals surface area contributed by atoms with E-state index in [2.05, 4.69) is 15.9 Å². The molecule has 1 unspecified atom stereocenters. The Morgan fingerprint density at radius 3 is 2.52 bits per heavy atom. The van der Waals surface area contributed by atoms with Crippen molar-refractivity contribution in [3.05, 3.63) is 62.4 Å².